The van der Waals surface area contributed by atoms with Crippen molar-refractivity contribution < 1.29 is 5.21 Å². The average Bonchev–Trinajstić information content (AvgIpc) is 2.37. The molecule has 0 aliphatic rings. The van der Waals surface area contributed by atoms with E-state index in [9.17, 15) is 0 Å². The Kier molecular flexibility index (Phi) is 1.89. The van der Waals surface area contributed by atoms with Crippen molar-refractivity contribution in [3.05, 3.63) is 24.0 Å². The zero-order valence-corrected chi connectivity index (χ0v) is 6.09. The molecule has 0 saturated heterocycles. The maximum absolute atomic E-state index is 8.23. The van der Waals surface area contributed by atoms with Crippen LogP contribution < -0.4 is 0 Å². The monoisotopic (exact) mass is 188 g/mol. The van der Waals surface area contributed by atoms with Crippen LogP contribution in [-0.2, 0) is 0 Å². The highest BCUT2D eigenvalue weighted by Gasteiger charge is 1.96. The summed E-state index contributed by atoms with van der Waals surface area (Å²) in [5.74, 6) is 0. The van der Waals surface area contributed by atoms with E-state index in [4.69, 9.17) is 5.21 Å². The Morgan fingerprint density at radius 1 is 1.78 bits per heavy atom. The molecule has 0 amide bonds. The molecule has 0 spiro atoms. The molecule has 0 bridgehead atoms. The van der Waals surface area contributed by atoms with Gasteiger partial charge in [0.1, 0.15) is 0 Å². The molecule has 0 aromatic carbocycles. The van der Waals surface area contributed by atoms with Gasteiger partial charge in [0.25, 0.3) is 0 Å². The van der Waals surface area contributed by atoms with Crippen molar-refractivity contribution in [1.82, 2.24) is 4.98 Å². The molecular formula is C5H5BrN2O. The van der Waals surface area contributed by atoms with Gasteiger partial charge in [-0.25, -0.2) is 0 Å². The lowest BCUT2D eigenvalue weighted by atomic mass is 10.5. The van der Waals surface area contributed by atoms with E-state index in [1.165, 1.54) is 0 Å². The van der Waals surface area contributed by atoms with Gasteiger partial charge in [0.2, 0.25) is 0 Å². The van der Waals surface area contributed by atoms with Crippen molar-refractivity contribution in [3.8, 4) is 0 Å². The topological polar surface area (TPSA) is 48.4 Å². The molecule has 1 heterocycles. The van der Waals surface area contributed by atoms with E-state index in [-0.39, 0.29) is 0 Å². The summed E-state index contributed by atoms with van der Waals surface area (Å²) < 4.78 is 0.410. The third kappa shape index (κ3) is 1.32. The Hall–Kier alpha value is -0.770. The number of rotatable bonds is 1. The molecule has 48 valence electrons. The lowest BCUT2D eigenvalue weighted by Gasteiger charge is -1.86. The Morgan fingerprint density at radius 2 is 2.56 bits per heavy atom. The SMILES string of the molecule is O/N=C(\Br)c1ccc[nH]1. The van der Waals surface area contributed by atoms with Crippen molar-refractivity contribution >= 4 is 20.6 Å². The Bertz CT molecular complexity index is 205. The van der Waals surface area contributed by atoms with E-state index >= 15 is 0 Å². The van der Waals surface area contributed by atoms with E-state index in [1.807, 2.05) is 6.07 Å². The van der Waals surface area contributed by atoms with Gasteiger partial charge in [-0.3, -0.25) is 0 Å². The summed E-state index contributed by atoms with van der Waals surface area (Å²) in [5, 5.41) is 11.2. The number of halogens is 1. The molecule has 4 heteroatoms. The van der Waals surface area contributed by atoms with E-state index in [0.717, 1.165) is 5.69 Å². The van der Waals surface area contributed by atoms with E-state index in [0.29, 0.717) is 4.62 Å². The van der Waals surface area contributed by atoms with Gasteiger partial charge >= 0.3 is 0 Å². The maximum Gasteiger partial charge on any atom is 0.168 e. The van der Waals surface area contributed by atoms with Crippen LogP contribution in [0.3, 0.4) is 0 Å². The van der Waals surface area contributed by atoms with E-state index in [2.05, 4.69) is 26.1 Å². The summed E-state index contributed by atoms with van der Waals surface area (Å²) in [6, 6.07) is 3.62. The Balaban J connectivity index is 2.90. The van der Waals surface area contributed by atoms with Crippen molar-refractivity contribution in [1.29, 1.82) is 0 Å². The third-order valence-electron chi connectivity index (χ3n) is 0.908. The summed E-state index contributed by atoms with van der Waals surface area (Å²) in [5.41, 5.74) is 0.762. The van der Waals surface area contributed by atoms with Gasteiger partial charge in [0.05, 0.1) is 5.69 Å². The molecule has 0 aliphatic heterocycles. The van der Waals surface area contributed by atoms with Gasteiger partial charge in [0, 0.05) is 6.20 Å². The molecule has 2 N–H and O–H groups in total. The zero-order valence-electron chi connectivity index (χ0n) is 4.50. The molecule has 9 heavy (non-hydrogen) atoms. The second kappa shape index (κ2) is 2.68. The third-order valence-corrected chi connectivity index (χ3v) is 1.49. The molecule has 3 nitrogen and oxygen atoms in total. The second-order valence-electron chi connectivity index (χ2n) is 1.47. The summed E-state index contributed by atoms with van der Waals surface area (Å²) >= 11 is 3.03. The highest BCUT2D eigenvalue weighted by Crippen LogP contribution is 2.01. The van der Waals surface area contributed by atoms with Crippen LogP contribution in [0.25, 0.3) is 0 Å². The minimum absolute atomic E-state index is 0.410. The molecular weight excluding hydrogens is 184 g/mol. The maximum atomic E-state index is 8.23. The van der Waals surface area contributed by atoms with Crippen molar-refractivity contribution in [2.45, 2.75) is 0 Å². The van der Waals surface area contributed by atoms with Gasteiger partial charge in [-0.2, -0.15) is 0 Å². The largest absolute Gasteiger partial charge is 0.410 e. The quantitative estimate of drug-likeness (QED) is 0.393. The molecule has 0 fully saturated rings. The van der Waals surface area contributed by atoms with Crippen molar-refractivity contribution in [3.63, 3.8) is 0 Å². The van der Waals surface area contributed by atoms with Crippen LogP contribution in [0.2, 0.25) is 0 Å². The second-order valence-corrected chi connectivity index (χ2v) is 2.23. The predicted molar refractivity (Wildman–Crippen MR) is 38.0 cm³/mol. The minimum Gasteiger partial charge on any atom is -0.410 e. The first-order valence-corrected chi connectivity index (χ1v) is 3.15. The van der Waals surface area contributed by atoms with Gasteiger partial charge in [-0.1, -0.05) is 5.16 Å². The Labute approximate surface area is 60.5 Å². The predicted octanol–water partition coefficient (Wildman–Crippen LogP) is 1.55. The summed E-state index contributed by atoms with van der Waals surface area (Å²) in [7, 11) is 0. The van der Waals surface area contributed by atoms with E-state index < -0.39 is 0 Å². The van der Waals surface area contributed by atoms with Crippen LogP contribution in [0.4, 0.5) is 0 Å². The zero-order chi connectivity index (χ0) is 6.69. The first-order valence-electron chi connectivity index (χ1n) is 2.36. The first kappa shape index (κ1) is 6.35. The van der Waals surface area contributed by atoms with Crippen molar-refractivity contribution in [2.24, 2.45) is 5.16 Å². The van der Waals surface area contributed by atoms with Crippen LogP contribution >= 0.6 is 15.9 Å². The molecule has 0 atom stereocenters. The molecule has 1 aromatic heterocycles. The molecule has 1 aromatic rings. The highest BCUT2D eigenvalue weighted by atomic mass is 79.9. The number of nitrogens with one attached hydrogen (secondary N) is 1. The summed E-state index contributed by atoms with van der Waals surface area (Å²) in [6.07, 6.45) is 1.75. The first-order chi connectivity index (χ1) is 4.34. The van der Waals surface area contributed by atoms with Crippen LogP contribution in [0.15, 0.2) is 23.5 Å². The number of aromatic nitrogens is 1. The molecule has 1 rings (SSSR count). The summed E-state index contributed by atoms with van der Waals surface area (Å²) in [6.45, 7) is 0. The lowest BCUT2D eigenvalue weighted by Crippen LogP contribution is -1.88. The standard InChI is InChI=1S/C5H5BrN2O/c6-5(8-9)4-2-1-3-7-4/h1-3,7,9H/b8-5-. The normalized spacial score (nSPS) is 11.9. The fraction of sp³-hybridized carbons (Fsp3) is 0. The van der Waals surface area contributed by atoms with Gasteiger partial charge in [0.15, 0.2) is 4.62 Å². The molecule has 0 unspecified atom stereocenters. The molecule has 0 radical (unpaired) electrons. The highest BCUT2D eigenvalue weighted by molar-refractivity contribution is 9.18. The number of nitrogens with zero attached hydrogens (tertiary/aromatic N) is 1. The number of oxime groups is 1. The average molecular weight is 189 g/mol. The fourth-order valence-electron chi connectivity index (χ4n) is 0.513. The van der Waals surface area contributed by atoms with Gasteiger partial charge in [-0.05, 0) is 28.1 Å². The smallest absolute Gasteiger partial charge is 0.168 e. The van der Waals surface area contributed by atoms with Crippen LogP contribution in [0.1, 0.15) is 5.69 Å². The van der Waals surface area contributed by atoms with Gasteiger partial charge in [-0.15, -0.1) is 0 Å². The summed E-state index contributed by atoms with van der Waals surface area (Å²) in [4.78, 5) is 2.85. The van der Waals surface area contributed by atoms with E-state index in [1.54, 1.807) is 12.3 Å². The van der Waals surface area contributed by atoms with Crippen molar-refractivity contribution in [2.75, 3.05) is 0 Å². The minimum atomic E-state index is 0.410. The number of aromatic amines is 1. The Morgan fingerprint density at radius 3 is 3.00 bits per heavy atom. The number of hydrogen-bond acceptors (Lipinski definition) is 2. The number of hydrogen-bond donors (Lipinski definition) is 2. The van der Waals surface area contributed by atoms with Crippen LogP contribution in [-0.4, -0.2) is 14.8 Å². The van der Waals surface area contributed by atoms with Crippen LogP contribution in [0, 0.1) is 0 Å². The fourth-order valence-corrected chi connectivity index (χ4v) is 0.759. The molecule has 0 saturated carbocycles. The lowest BCUT2D eigenvalue weighted by molar-refractivity contribution is 0.321. The van der Waals surface area contributed by atoms with Crippen LogP contribution in [0.5, 0.6) is 0 Å². The van der Waals surface area contributed by atoms with Gasteiger partial charge < -0.3 is 10.2 Å². The molecule has 0 aliphatic carbocycles. The number of H-pyrrole nitrogens is 1.